The molecule has 2 saturated heterocycles. The van der Waals surface area contributed by atoms with E-state index < -0.39 is 47.2 Å². The summed E-state index contributed by atoms with van der Waals surface area (Å²) in [4.78, 5) is 88.3. The molecular weight excluding hydrogens is 697 g/mol. The van der Waals surface area contributed by atoms with Gasteiger partial charge in [0.05, 0.1) is 12.1 Å². The van der Waals surface area contributed by atoms with Gasteiger partial charge >= 0.3 is 0 Å². The summed E-state index contributed by atoms with van der Waals surface area (Å²) in [5.41, 5.74) is -1.02. The maximum Gasteiger partial charge on any atom is 0.289 e. The fraction of sp³-hybridized carbons (Fsp3) is 0.860. The molecule has 306 valence electrons. The summed E-state index contributed by atoms with van der Waals surface area (Å²) in [6.07, 6.45) is 15.1. The Kier molecular flexibility index (Phi) is 11.0. The van der Waals surface area contributed by atoms with Crippen LogP contribution in [0.25, 0.3) is 0 Å². The summed E-state index contributed by atoms with van der Waals surface area (Å²) in [7, 11) is 0. The first-order chi connectivity index (χ1) is 26.0. The van der Waals surface area contributed by atoms with Crippen LogP contribution in [-0.4, -0.2) is 101 Å². The van der Waals surface area contributed by atoms with Crippen LogP contribution >= 0.6 is 0 Å². The normalized spacial score (nSPS) is 30.3. The molecule has 5 amide bonds. The van der Waals surface area contributed by atoms with Crippen LogP contribution in [-0.2, 0) is 28.8 Å². The topological polar surface area (TPSA) is 157 Å². The maximum atomic E-state index is 15.1. The highest BCUT2D eigenvalue weighted by molar-refractivity contribution is 6.38. The van der Waals surface area contributed by atoms with Gasteiger partial charge in [0, 0.05) is 24.0 Å². The van der Waals surface area contributed by atoms with E-state index in [4.69, 9.17) is 0 Å². The predicted octanol–water partition coefficient (Wildman–Crippen LogP) is 4.14. The molecule has 12 heteroatoms. The van der Waals surface area contributed by atoms with E-state index in [1.54, 1.807) is 4.90 Å². The zero-order chi connectivity index (χ0) is 39.5. The van der Waals surface area contributed by atoms with Crippen molar-refractivity contribution in [2.24, 2.45) is 27.6 Å². The summed E-state index contributed by atoms with van der Waals surface area (Å²) < 4.78 is 0. The van der Waals surface area contributed by atoms with Crippen LogP contribution in [0.3, 0.4) is 0 Å². The average Bonchev–Trinajstić information content (AvgIpc) is 4.08. The predicted molar refractivity (Wildman–Crippen MR) is 208 cm³/mol. The van der Waals surface area contributed by atoms with Crippen LogP contribution in [0.15, 0.2) is 0 Å². The lowest BCUT2D eigenvalue weighted by Crippen LogP contribution is -2.62. The minimum absolute atomic E-state index is 0.0173. The Morgan fingerprint density at radius 1 is 0.764 bits per heavy atom. The first-order valence-corrected chi connectivity index (χ1v) is 21.9. The van der Waals surface area contributed by atoms with E-state index in [9.17, 15) is 24.0 Å². The third kappa shape index (κ3) is 7.35. The molecule has 55 heavy (non-hydrogen) atoms. The van der Waals surface area contributed by atoms with Crippen LogP contribution in [0.2, 0.25) is 0 Å². The molecule has 7 aliphatic rings. The molecule has 7 rings (SSSR count). The maximum absolute atomic E-state index is 15.1. The lowest BCUT2D eigenvalue weighted by atomic mass is 9.73. The summed E-state index contributed by atoms with van der Waals surface area (Å²) in [6, 6.07) is -3.29. The van der Waals surface area contributed by atoms with Crippen molar-refractivity contribution in [3.05, 3.63) is 0 Å². The van der Waals surface area contributed by atoms with Gasteiger partial charge in [0.25, 0.3) is 5.91 Å². The van der Waals surface area contributed by atoms with Crippen molar-refractivity contribution in [1.82, 2.24) is 31.1 Å². The number of ketones is 1. The molecule has 2 spiro atoms. The van der Waals surface area contributed by atoms with Crippen LogP contribution < -0.4 is 21.3 Å². The first kappa shape index (κ1) is 40.2. The number of Topliss-reactive ketones (excluding diaryl/α,β-unsaturated/α-hetero) is 1. The van der Waals surface area contributed by atoms with Gasteiger partial charge in [-0.25, -0.2) is 0 Å². The number of carbonyl (C=O) groups is 6. The van der Waals surface area contributed by atoms with Gasteiger partial charge in [-0.05, 0) is 106 Å². The number of rotatable bonds is 14. The summed E-state index contributed by atoms with van der Waals surface area (Å²) in [5.74, 6) is -2.50. The van der Waals surface area contributed by atoms with Gasteiger partial charge in [0.15, 0.2) is 0 Å². The third-order valence-corrected chi connectivity index (χ3v) is 15.5. The number of fused-ring (bicyclic) bond motifs is 1. The highest BCUT2D eigenvalue weighted by Crippen LogP contribution is 2.88. The molecule has 7 fully saturated rings. The van der Waals surface area contributed by atoms with E-state index in [2.05, 4.69) is 40.0 Å². The molecule has 0 bridgehead atoms. The SMILES string of the molecule is CCC[C@H](NC(=O)[C@@H]1C[C@@]2(CN1C(=O)[C@@H](NC(=O)[C@@H](NC(=O)[C@H]1CCCN1C1CC1)C1CCCCC1)C(C)(C)C)C(C)(C)C21CCC1)C(=O)C(=O)NC1CC1. The standard InChI is InChI=1S/C43H68N6O6/c1-7-13-29(33(50)38(54)44-27-17-18-27)45-36(52)31-24-43(41(5,6)42(43)21-12-22-42)25-49(31)39(55)34(40(2,3)4)47-37(53)32(26-14-9-8-10-15-26)46-35(51)30-16-11-23-48(30)28-19-20-28/h26-32,34H,7-25H2,1-6H3,(H,44,54)(H,45,52)(H,46,51)(H,47,53)/t29-,30+,31-,32-,34+,43+/m0/s1. The average molecular weight is 765 g/mol. The van der Waals surface area contributed by atoms with Gasteiger partial charge in [0.2, 0.25) is 29.4 Å². The van der Waals surface area contributed by atoms with Crippen molar-refractivity contribution < 1.29 is 28.8 Å². The molecule has 0 aromatic rings. The molecule has 0 aromatic heterocycles. The molecule has 2 heterocycles. The Bertz CT molecular complexity index is 1540. The van der Waals surface area contributed by atoms with E-state index in [1.807, 2.05) is 27.7 Å². The second kappa shape index (κ2) is 15.1. The molecule has 6 atom stereocenters. The van der Waals surface area contributed by atoms with Crippen molar-refractivity contribution >= 4 is 35.3 Å². The van der Waals surface area contributed by atoms with Crippen molar-refractivity contribution in [1.29, 1.82) is 0 Å². The zero-order valence-corrected chi connectivity index (χ0v) is 34.4. The second-order valence-electron chi connectivity index (χ2n) is 20.1. The Balaban J connectivity index is 1.13. The highest BCUT2D eigenvalue weighted by atomic mass is 16.2. The molecule has 5 aliphatic carbocycles. The number of hydrogen-bond acceptors (Lipinski definition) is 7. The van der Waals surface area contributed by atoms with E-state index in [0.29, 0.717) is 31.8 Å². The van der Waals surface area contributed by atoms with Crippen LogP contribution in [0.1, 0.15) is 151 Å². The van der Waals surface area contributed by atoms with Crippen LogP contribution in [0.5, 0.6) is 0 Å². The van der Waals surface area contributed by atoms with Crippen LogP contribution in [0, 0.1) is 27.6 Å². The van der Waals surface area contributed by atoms with E-state index in [-0.39, 0.29) is 52.0 Å². The molecule has 0 unspecified atom stereocenters. The fourth-order valence-corrected chi connectivity index (χ4v) is 11.6. The minimum atomic E-state index is -0.983. The third-order valence-electron chi connectivity index (χ3n) is 15.5. The van der Waals surface area contributed by atoms with Crippen molar-refractivity contribution in [2.75, 3.05) is 13.1 Å². The second-order valence-corrected chi connectivity index (χ2v) is 20.1. The highest BCUT2D eigenvalue weighted by Gasteiger charge is 2.85. The van der Waals surface area contributed by atoms with Gasteiger partial charge in [-0.1, -0.05) is 73.6 Å². The number of amides is 5. The number of nitrogens with one attached hydrogen (secondary N) is 4. The Morgan fingerprint density at radius 2 is 1.44 bits per heavy atom. The number of carbonyl (C=O) groups excluding carboxylic acids is 6. The zero-order valence-electron chi connectivity index (χ0n) is 34.4. The fourth-order valence-electron chi connectivity index (χ4n) is 11.6. The minimum Gasteiger partial charge on any atom is -0.347 e. The van der Waals surface area contributed by atoms with E-state index in [1.165, 1.54) is 0 Å². The largest absolute Gasteiger partial charge is 0.347 e. The first-order valence-electron chi connectivity index (χ1n) is 21.9. The van der Waals surface area contributed by atoms with Gasteiger partial charge in [-0.2, -0.15) is 0 Å². The monoisotopic (exact) mass is 765 g/mol. The van der Waals surface area contributed by atoms with Crippen molar-refractivity contribution in [3.63, 3.8) is 0 Å². The van der Waals surface area contributed by atoms with Gasteiger partial charge < -0.3 is 26.2 Å². The van der Waals surface area contributed by atoms with Crippen LogP contribution in [0.4, 0.5) is 0 Å². The molecular formula is C43H68N6O6. The molecule has 5 saturated carbocycles. The van der Waals surface area contributed by atoms with Gasteiger partial charge in [-0.3, -0.25) is 33.7 Å². The Labute approximate surface area is 328 Å². The smallest absolute Gasteiger partial charge is 0.289 e. The molecule has 0 aromatic carbocycles. The van der Waals surface area contributed by atoms with Crippen molar-refractivity contribution in [2.45, 2.75) is 193 Å². The lowest BCUT2D eigenvalue weighted by molar-refractivity contribution is -0.145. The number of nitrogens with zero attached hydrogens (tertiary/aromatic N) is 2. The summed E-state index contributed by atoms with van der Waals surface area (Å²) >= 11 is 0. The summed E-state index contributed by atoms with van der Waals surface area (Å²) in [5, 5.41) is 12.1. The van der Waals surface area contributed by atoms with Gasteiger partial charge in [0.1, 0.15) is 18.1 Å². The number of likely N-dealkylation sites (tertiary alicyclic amines) is 2. The Hall–Kier alpha value is -3.02. The molecule has 2 aliphatic heterocycles. The molecule has 12 nitrogen and oxygen atoms in total. The Morgan fingerprint density at radius 3 is 2.00 bits per heavy atom. The van der Waals surface area contributed by atoms with Crippen molar-refractivity contribution in [3.8, 4) is 0 Å². The quantitative estimate of drug-likeness (QED) is 0.194. The number of hydrogen-bond donors (Lipinski definition) is 4. The van der Waals surface area contributed by atoms with Gasteiger partial charge in [-0.15, -0.1) is 0 Å². The lowest BCUT2D eigenvalue weighted by Gasteiger charge is -2.38. The molecule has 0 radical (unpaired) electrons. The van der Waals surface area contributed by atoms with E-state index in [0.717, 1.165) is 96.4 Å². The molecule has 4 N–H and O–H groups in total. The van der Waals surface area contributed by atoms with E-state index >= 15 is 4.79 Å². The summed E-state index contributed by atoms with van der Waals surface area (Å²) in [6.45, 7) is 13.5.